The van der Waals surface area contributed by atoms with Gasteiger partial charge in [-0.3, -0.25) is 0 Å². The summed E-state index contributed by atoms with van der Waals surface area (Å²) >= 11 is 0. The molecule has 0 aromatic heterocycles. The summed E-state index contributed by atoms with van der Waals surface area (Å²) in [5, 5.41) is 3.42. The number of hydrogen-bond donors (Lipinski definition) is 2. The van der Waals surface area contributed by atoms with Gasteiger partial charge in [-0.1, -0.05) is 0 Å². The zero-order chi connectivity index (χ0) is 13.8. The highest BCUT2D eigenvalue weighted by Gasteiger charge is 2.38. The van der Waals surface area contributed by atoms with Gasteiger partial charge in [-0.05, 0) is 25.7 Å². The van der Waals surface area contributed by atoms with Crippen molar-refractivity contribution in [2.24, 2.45) is 0 Å². The second-order valence-corrected chi connectivity index (χ2v) is 7.29. The SMILES string of the molecule is CS(=O)(=O)NCCNC1CCOC2(CCOCC2)C1. The molecule has 0 aromatic carbocycles. The number of ether oxygens (including phenoxy) is 2. The third-order valence-electron chi connectivity index (χ3n) is 3.82. The van der Waals surface area contributed by atoms with E-state index in [4.69, 9.17) is 9.47 Å². The first kappa shape index (κ1) is 15.2. The summed E-state index contributed by atoms with van der Waals surface area (Å²) in [5.74, 6) is 0. The van der Waals surface area contributed by atoms with E-state index in [0.29, 0.717) is 19.1 Å². The summed E-state index contributed by atoms with van der Waals surface area (Å²) in [6.07, 6.45) is 5.09. The van der Waals surface area contributed by atoms with Gasteiger partial charge >= 0.3 is 0 Å². The van der Waals surface area contributed by atoms with E-state index < -0.39 is 10.0 Å². The molecule has 2 N–H and O–H groups in total. The second kappa shape index (κ2) is 6.49. The summed E-state index contributed by atoms with van der Waals surface area (Å²) in [6.45, 7) is 3.43. The molecule has 2 fully saturated rings. The normalized spacial score (nSPS) is 27.5. The first-order valence-electron chi connectivity index (χ1n) is 6.89. The smallest absolute Gasteiger partial charge is 0.208 e. The van der Waals surface area contributed by atoms with Crippen LogP contribution in [0.3, 0.4) is 0 Å². The highest BCUT2D eigenvalue weighted by molar-refractivity contribution is 7.88. The second-order valence-electron chi connectivity index (χ2n) is 5.45. The molecule has 6 nitrogen and oxygen atoms in total. The van der Waals surface area contributed by atoms with Crippen molar-refractivity contribution >= 4 is 10.0 Å². The van der Waals surface area contributed by atoms with Crippen molar-refractivity contribution in [2.45, 2.75) is 37.3 Å². The number of hydrogen-bond acceptors (Lipinski definition) is 5. The maximum Gasteiger partial charge on any atom is 0.208 e. The van der Waals surface area contributed by atoms with Crippen LogP contribution in [0.15, 0.2) is 0 Å². The molecule has 2 aliphatic heterocycles. The van der Waals surface area contributed by atoms with Gasteiger partial charge in [0.2, 0.25) is 10.0 Å². The van der Waals surface area contributed by atoms with Gasteiger partial charge in [-0.25, -0.2) is 13.1 Å². The summed E-state index contributed by atoms with van der Waals surface area (Å²) in [4.78, 5) is 0. The van der Waals surface area contributed by atoms with Crippen LogP contribution in [-0.2, 0) is 19.5 Å². The molecule has 2 heterocycles. The highest BCUT2D eigenvalue weighted by atomic mass is 32.2. The Bertz CT molecular complexity index is 374. The predicted molar refractivity (Wildman–Crippen MR) is 72.6 cm³/mol. The van der Waals surface area contributed by atoms with E-state index in [0.717, 1.165) is 45.5 Å². The largest absolute Gasteiger partial charge is 0.381 e. The fourth-order valence-corrected chi connectivity index (χ4v) is 3.28. The van der Waals surface area contributed by atoms with Gasteiger partial charge in [0, 0.05) is 39.0 Å². The van der Waals surface area contributed by atoms with Gasteiger partial charge in [-0.15, -0.1) is 0 Å². The Morgan fingerprint density at radius 3 is 2.63 bits per heavy atom. The van der Waals surface area contributed by atoms with Gasteiger partial charge in [0.15, 0.2) is 0 Å². The van der Waals surface area contributed by atoms with E-state index in [1.165, 1.54) is 6.26 Å². The van der Waals surface area contributed by atoms with Crippen LogP contribution in [0.2, 0.25) is 0 Å². The molecule has 2 rings (SSSR count). The Kier molecular flexibility index (Phi) is 5.19. The summed E-state index contributed by atoms with van der Waals surface area (Å²) in [5.41, 5.74) is -0.0154. The van der Waals surface area contributed by atoms with Crippen LogP contribution in [0, 0.1) is 0 Å². The minimum Gasteiger partial charge on any atom is -0.381 e. The lowest BCUT2D eigenvalue weighted by Gasteiger charge is -2.43. The molecule has 0 saturated carbocycles. The lowest BCUT2D eigenvalue weighted by Crippen LogP contribution is -2.50. The van der Waals surface area contributed by atoms with Gasteiger partial charge < -0.3 is 14.8 Å². The van der Waals surface area contributed by atoms with E-state index in [2.05, 4.69) is 10.0 Å². The topological polar surface area (TPSA) is 76.7 Å². The third-order valence-corrected chi connectivity index (χ3v) is 4.55. The Hall–Kier alpha value is -0.210. The average molecular weight is 292 g/mol. The van der Waals surface area contributed by atoms with Gasteiger partial charge in [0.1, 0.15) is 0 Å². The third kappa shape index (κ3) is 5.00. The summed E-state index contributed by atoms with van der Waals surface area (Å²) in [7, 11) is -3.09. The van der Waals surface area contributed by atoms with Crippen LogP contribution in [0.1, 0.15) is 25.7 Å². The predicted octanol–water partition coefficient (Wildman–Crippen LogP) is -0.147. The minimum atomic E-state index is -3.09. The first-order valence-corrected chi connectivity index (χ1v) is 8.78. The molecule has 2 aliphatic rings. The molecular weight excluding hydrogens is 268 g/mol. The van der Waals surface area contributed by atoms with E-state index in [9.17, 15) is 8.42 Å². The quantitative estimate of drug-likeness (QED) is 0.689. The fourth-order valence-electron chi connectivity index (χ4n) is 2.81. The van der Waals surface area contributed by atoms with Gasteiger partial charge in [-0.2, -0.15) is 0 Å². The molecule has 1 unspecified atom stereocenters. The fraction of sp³-hybridized carbons (Fsp3) is 1.00. The Labute approximate surface area is 115 Å². The van der Waals surface area contributed by atoms with Crippen LogP contribution in [-0.4, -0.2) is 59.2 Å². The molecular formula is C12H24N2O4S. The zero-order valence-electron chi connectivity index (χ0n) is 11.5. The maximum atomic E-state index is 11.0. The lowest BCUT2D eigenvalue weighted by atomic mass is 9.84. The Balaban J connectivity index is 1.72. The van der Waals surface area contributed by atoms with E-state index >= 15 is 0 Å². The summed E-state index contributed by atoms with van der Waals surface area (Å²) in [6, 6.07) is 0.410. The molecule has 1 atom stereocenters. The molecule has 19 heavy (non-hydrogen) atoms. The Morgan fingerprint density at radius 2 is 1.95 bits per heavy atom. The highest BCUT2D eigenvalue weighted by Crippen LogP contribution is 2.34. The number of sulfonamides is 1. The minimum absolute atomic E-state index is 0.0154. The van der Waals surface area contributed by atoms with E-state index in [1.54, 1.807) is 0 Å². The number of rotatable bonds is 5. The Morgan fingerprint density at radius 1 is 1.21 bits per heavy atom. The molecule has 0 aromatic rings. The molecule has 1 spiro atoms. The van der Waals surface area contributed by atoms with Gasteiger partial charge in [0.05, 0.1) is 11.9 Å². The molecule has 2 saturated heterocycles. The molecule has 0 amide bonds. The molecule has 7 heteroatoms. The standard InChI is InChI=1S/C12H24N2O4S/c1-19(15,16)14-6-5-13-11-2-7-18-12(10-11)3-8-17-9-4-12/h11,13-14H,2-10H2,1H3. The molecule has 112 valence electrons. The van der Waals surface area contributed by atoms with Crippen molar-refractivity contribution in [3.8, 4) is 0 Å². The van der Waals surface area contributed by atoms with Crippen molar-refractivity contribution in [2.75, 3.05) is 39.2 Å². The van der Waals surface area contributed by atoms with Crippen LogP contribution in [0.5, 0.6) is 0 Å². The monoisotopic (exact) mass is 292 g/mol. The molecule has 0 radical (unpaired) electrons. The van der Waals surface area contributed by atoms with Crippen LogP contribution in [0.4, 0.5) is 0 Å². The van der Waals surface area contributed by atoms with Crippen molar-refractivity contribution in [1.29, 1.82) is 0 Å². The van der Waals surface area contributed by atoms with Crippen LogP contribution in [0.25, 0.3) is 0 Å². The summed E-state index contributed by atoms with van der Waals surface area (Å²) < 4.78 is 35.8. The average Bonchev–Trinajstić information content (AvgIpc) is 2.35. The van der Waals surface area contributed by atoms with E-state index in [1.807, 2.05) is 0 Å². The maximum absolute atomic E-state index is 11.0. The number of nitrogens with one attached hydrogen (secondary N) is 2. The van der Waals surface area contributed by atoms with Crippen LogP contribution < -0.4 is 10.0 Å². The first-order chi connectivity index (χ1) is 8.99. The van der Waals surface area contributed by atoms with E-state index in [-0.39, 0.29) is 5.60 Å². The van der Waals surface area contributed by atoms with Crippen molar-refractivity contribution in [1.82, 2.24) is 10.0 Å². The molecule has 0 aliphatic carbocycles. The van der Waals surface area contributed by atoms with Crippen molar-refractivity contribution in [3.63, 3.8) is 0 Å². The zero-order valence-corrected chi connectivity index (χ0v) is 12.3. The van der Waals surface area contributed by atoms with Crippen LogP contribution >= 0.6 is 0 Å². The molecule has 0 bridgehead atoms. The van der Waals surface area contributed by atoms with Crippen molar-refractivity contribution < 1.29 is 17.9 Å². The van der Waals surface area contributed by atoms with Gasteiger partial charge in [0.25, 0.3) is 0 Å². The van der Waals surface area contributed by atoms with Crippen molar-refractivity contribution in [3.05, 3.63) is 0 Å². The lowest BCUT2D eigenvalue weighted by molar-refractivity contribution is -0.140.